The summed E-state index contributed by atoms with van der Waals surface area (Å²) in [6, 6.07) is 15.3. The Bertz CT molecular complexity index is 777. The standard InChI is InChI=1S/C16H14N2O3S/c19-22(20,15-9-5-11-21-15)18-16(13-6-2-1-3-7-13)14-8-4-10-17-12-14/h1-12,16,18H/t16-/m1/s1. The van der Waals surface area contributed by atoms with E-state index >= 15 is 0 Å². The molecule has 0 aliphatic rings. The highest BCUT2D eigenvalue weighted by Gasteiger charge is 2.24. The molecule has 0 aliphatic carbocycles. The van der Waals surface area contributed by atoms with Crippen molar-refractivity contribution in [3.05, 3.63) is 84.4 Å². The molecule has 5 nitrogen and oxygen atoms in total. The van der Waals surface area contributed by atoms with E-state index in [2.05, 4.69) is 9.71 Å². The van der Waals surface area contributed by atoms with Crippen molar-refractivity contribution in [3.63, 3.8) is 0 Å². The first kappa shape index (κ1) is 14.5. The van der Waals surface area contributed by atoms with Crippen LogP contribution in [0.2, 0.25) is 0 Å². The molecule has 22 heavy (non-hydrogen) atoms. The van der Waals surface area contributed by atoms with Crippen LogP contribution in [0.3, 0.4) is 0 Å². The van der Waals surface area contributed by atoms with Crippen LogP contribution in [-0.2, 0) is 10.0 Å². The summed E-state index contributed by atoms with van der Waals surface area (Å²) in [6.07, 6.45) is 4.62. The molecule has 0 fully saturated rings. The molecule has 0 unspecified atom stereocenters. The monoisotopic (exact) mass is 314 g/mol. The lowest BCUT2D eigenvalue weighted by Gasteiger charge is -2.18. The van der Waals surface area contributed by atoms with Crippen LogP contribution in [0.5, 0.6) is 0 Å². The van der Waals surface area contributed by atoms with Gasteiger partial charge < -0.3 is 4.42 Å². The van der Waals surface area contributed by atoms with E-state index in [-0.39, 0.29) is 5.09 Å². The van der Waals surface area contributed by atoms with Crippen LogP contribution < -0.4 is 4.72 Å². The van der Waals surface area contributed by atoms with Crippen molar-refractivity contribution in [1.82, 2.24) is 9.71 Å². The van der Waals surface area contributed by atoms with E-state index in [4.69, 9.17) is 4.42 Å². The molecule has 0 radical (unpaired) electrons. The zero-order chi connectivity index (χ0) is 15.4. The smallest absolute Gasteiger partial charge is 0.274 e. The van der Waals surface area contributed by atoms with E-state index in [0.29, 0.717) is 0 Å². The summed E-state index contributed by atoms with van der Waals surface area (Å²) in [5.41, 5.74) is 1.58. The zero-order valence-corrected chi connectivity index (χ0v) is 12.4. The van der Waals surface area contributed by atoms with Gasteiger partial charge in [0.15, 0.2) is 0 Å². The second-order valence-corrected chi connectivity index (χ2v) is 6.33. The summed E-state index contributed by atoms with van der Waals surface area (Å²) in [5, 5.41) is -0.114. The van der Waals surface area contributed by atoms with Crippen molar-refractivity contribution in [3.8, 4) is 0 Å². The molecule has 1 atom stereocenters. The molecule has 6 heteroatoms. The van der Waals surface area contributed by atoms with Gasteiger partial charge >= 0.3 is 0 Å². The normalized spacial score (nSPS) is 12.9. The van der Waals surface area contributed by atoms with Gasteiger partial charge in [-0.25, -0.2) is 8.42 Å². The Balaban J connectivity index is 2.00. The van der Waals surface area contributed by atoms with Gasteiger partial charge in [-0.15, -0.1) is 0 Å². The summed E-state index contributed by atoms with van der Waals surface area (Å²) in [6.45, 7) is 0. The van der Waals surface area contributed by atoms with Gasteiger partial charge in [-0.05, 0) is 29.3 Å². The summed E-state index contributed by atoms with van der Waals surface area (Å²) < 4.78 is 32.5. The summed E-state index contributed by atoms with van der Waals surface area (Å²) in [7, 11) is -3.76. The molecule has 1 aromatic carbocycles. The predicted octanol–water partition coefficient (Wildman–Crippen LogP) is 2.74. The molecule has 0 aliphatic heterocycles. The Morgan fingerprint density at radius 1 is 0.955 bits per heavy atom. The minimum atomic E-state index is -3.76. The number of benzene rings is 1. The van der Waals surface area contributed by atoms with Gasteiger partial charge in [-0.2, -0.15) is 4.72 Å². The first-order valence-electron chi connectivity index (χ1n) is 6.67. The second-order valence-electron chi connectivity index (χ2n) is 4.68. The highest BCUT2D eigenvalue weighted by molar-refractivity contribution is 7.89. The number of pyridine rings is 1. The maximum atomic E-state index is 12.4. The maximum absolute atomic E-state index is 12.4. The largest absolute Gasteiger partial charge is 0.452 e. The topological polar surface area (TPSA) is 72.2 Å². The third kappa shape index (κ3) is 3.08. The van der Waals surface area contributed by atoms with Gasteiger partial charge in [0.05, 0.1) is 12.3 Å². The molecule has 2 aromatic heterocycles. The SMILES string of the molecule is O=S(=O)(N[C@H](c1ccccc1)c1cccnc1)c1ccco1. The Hall–Kier alpha value is -2.44. The van der Waals surface area contributed by atoms with E-state index in [1.54, 1.807) is 18.5 Å². The molecular formula is C16H14N2O3S. The Morgan fingerprint density at radius 3 is 2.36 bits per heavy atom. The number of aromatic nitrogens is 1. The van der Waals surface area contributed by atoms with Crippen LogP contribution in [-0.4, -0.2) is 13.4 Å². The maximum Gasteiger partial charge on any atom is 0.274 e. The zero-order valence-electron chi connectivity index (χ0n) is 11.6. The fourth-order valence-corrected chi connectivity index (χ4v) is 3.29. The molecule has 0 spiro atoms. The van der Waals surface area contributed by atoms with E-state index in [9.17, 15) is 8.42 Å². The summed E-state index contributed by atoms with van der Waals surface area (Å²) >= 11 is 0. The van der Waals surface area contributed by atoms with Gasteiger partial charge in [0, 0.05) is 12.4 Å². The van der Waals surface area contributed by atoms with Crippen LogP contribution in [0.25, 0.3) is 0 Å². The van der Waals surface area contributed by atoms with Crippen LogP contribution in [0.4, 0.5) is 0 Å². The molecule has 3 rings (SSSR count). The third-order valence-electron chi connectivity index (χ3n) is 3.18. The number of hydrogen-bond acceptors (Lipinski definition) is 4. The van der Waals surface area contributed by atoms with Crippen molar-refractivity contribution in [1.29, 1.82) is 0 Å². The van der Waals surface area contributed by atoms with Crippen molar-refractivity contribution in [2.45, 2.75) is 11.1 Å². The lowest BCUT2D eigenvalue weighted by molar-refractivity contribution is 0.443. The fourth-order valence-electron chi connectivity index (χ4n) is 2.15. The molecular weight excluding hydrogens is 300 g/mol. The summed E-state index contributed by atoms with van der Waals surface area (Å²) in [4.78, 5) is 4.07. The average molecular weight is 314 g/mol. The van der Waals surface area contributed by atoms with Gasteiger partial charge in [0.1, 0.15) is 0 Å². The predicted molar refractivity (Wildman–Crippen MR) is 81.6 cm³/mol. The third-order valence-corrected chi connectivity index (χ3v) is 4.49. The molecule has 112 valence electrons. The number of nitrogens with zero attached hydrogens (tertiary/aromatic N) is 1. The van der Waals surface area contributed by atoms with E-state index in [0.717, 1.165) is 11.1 Å². The lowest BCUT2D eigenvalue weighted by Crippen LogP contribution is -2.29. The van der Waals surface area contributed by atoms with Gasteiger partial charge in [0.25, 0.3) is 10.0 Å². The van der Waals surface area contributed by atoms with Gasteiger partial charge in [-0.1, -0.05) is 36.4 Å². The highest BCUT2D eigenvalue weighted by atomic mass is 32.2. The molecule has 1 N–H and O–H groups in total. The number of sulfonamides is 1. The first-order valence-corrected chi connectivity index (χ1v) is 8.16. The van der Waals surface area contributed by atoms with Crippen molar-refractivity contribution in [2.24, 2.45) is 0 Å². The molecule has 0 bridgehead atoms. The number of rotatable bonds is 5. The number of hydrogen-bond donors (Lipinski definition) is 1. The number of nitrogens with one attached hydrogen (secondary N) is 1. The Morgan fingerprint density at radius 2 is 1.73 bits per heavy atom. The lowest BCUT2D eigenvalue weighted by atomic mass is 10.0. The average Bonchev–Trinajstić information content (AvgIpc) is 3.10. The van der Waals surface area contributed by atoms with Crippen LogP contribution in [0.1, 0.15) is 17.2 Å². The molecule has 0 saturated heterocycles. The number of furan rings is 1. The van der Waals surface area contributed by atoms with Crippen LogP contribution in [0, 0.1) is 0 Å². The minimum Gasteiger partial charge on any atom is -0.452 e. The molecule has 3 aromatic rings. The van der Waals surface area contributed by atoms with Crippen LogP contribution >= 0.6 is 0 Å². The second kappa shape index (κ2) is 6.13. The Labute approximate surface area is 128 Å². The first-order chi connectivity index (χ1) is 10.7. The van der Waals surface area contributed by atoms with Crippen molar-refractivity contribution in [2.75, 3.05) is 0 Å². The fraction of sp³-hybridized carbons (Fsp3) is 0.0625. The highest BCUT2D eigenvalue weighted by Crippen LogP contribution is 2.24. The van der Waals surface area contributed by atoms with Crippen molar-refractivity contribution >= 4 is 10.0 Å². The van der Waals surface area contributed by atoms with E-state index in [1.165, 1.54) is 18.4 Å². The van der Waals surface area contributed by atoms with Gasteiger partial charge in [-0.3, -0.25) is 4.98 Å². The van der Waals surface area contributed by atoms with Crippen LogP contribution in [0.15, 0.2) is 82.8 Å². The molecule has 0 saturated carbocycles. The quantitative estimate of drug-likeness (QED) is 0.786. The van der Waals surface area contributed by atoms with E-state index < -0.39 is 16.1 Å². The van der Waals surface area contributed by atoms with E-state index in [1.807, 2.05) is 36.4 Å². The molecule has 0 amide bonds. The minimum absolute atomic E-state index is 0.114. The van der Waals surface area contributed by atoms with Crippen molar-refractivity contribution < 1.29 is 12.8 Å². The van der Waals surface area contributed by atoms with Gasteiger partial charge in [0.2, 0.25) is 5.09 Å². The summed E-state index contributed by atoms with van der Waals surface area (Å²) in [5.74, 6) is 0. The Kier molecular flexibility index (Phi) is 4.04. The molecule has 2 heterocycles.